The minimum absolute atomic E-state index is 0.00297. The summed E-state index contributed by atoms with van der Waals surface area (Å²) in [6.07, 6.45) is 1.34. The molecule has 0 bridgehead atoms. The summed E-state index contributed by atoms with van der Waals surface area (Å²) in [6.45, 7) is 5.60. The van der Waals surface area contributed by atoms with Crippen molar-refractivity contribution in [3.05, 3.63) is 86.7 Å². The van der Waals surface area contributed by atoms with E-state index < -0.39 is 16.7 Å². The third kappa shape index (κ3) is 4.06. The monoisotopic (exact) mass is 461 g/mol. The Morgan fingerprint density at radius 3 is 2.55 bits per heavy atom. The quantitative estimate of drug-likeness (QED) is 0.200. The number of hydrogen-bond acceptors (Lipinski definition) is 6. The van der Waals surface area contributed by atoms with Crippen molar-refractivity contribution >= 4 is 46.6 Å². The second-order valence-electron chi connectivity index (χ2n) is 7.64. The number of carbonyl (C=O) groups excluding carboxylic acids is 2. The van der Waals surface area contributed by atoms with Crippen molar-refractivity contribution < 1.29 is 18.9 Å². The third-order valence-electron chi connectivity index (χ3n) is 5.53. The number of rotatable bonds is 4. The van der Waals surface area contributed by atoms with Gasteiger partial charge in [-0.1, -0.05) is 18.2 Å². The molecule has 2 amide bonds. The average molecular weight is 461 g/mol. The number of hydrogen-bond donors (Lipinski definition) is 1. The van der Waals surface area contributed by atoms with Gasteiger partial charge in [-0.25, -0.2) is 0 Å². The number of amides is 2. The van der Waals surface area contributed by atoms with Crippen molar-refractivity contribution in [3.8, 4) is 11.3 Å². The lowest BCUT2D eigenvalue weighted by Gasteiger charge is -2.30. The lowest BCUT2D eigenvalue weighted by Crippen LogP contribution is -2.54. The van der Waals surface area contributed by atoms with Crippen LogP contribution in [0.1, 0.15) is 22.5 Å². The number of nitrogens with one attached hydrogen (secondary N) is 1. The maximum atomic E-state index is 13.3. The van der Waals surface area contributed by atoms with Crippen LogP contribution >= 0.6 is 12.2 Å². The highest BCUT2D eigenvalue weighted by Crippen LogP contribution is 2.31. The van der Waals surface area contributed by atoms with Gasteiger partial charge >= 0.3 is 0 Å². The number of nitro groups is 1. The summed E-state index contributed by atoms with van der Waals surface area (Å²) in [5.74, 6) is -0.560. The fourth-order valence-corrected chi connectivity index (χ4v) is 3.83. The van der Waals surface area contributed by atoms with E-state index in [1.54, 1.807) is 31.2 Å². The van der Waals surface area contributed by atoms with Crippen LogP contribution in [0.15, 0.2) is 58.5 Å². The molecular formula is C24H19N3O5S. The lowest BCUT2D eigenvalue weighted by atomic mass is 10.0. The zero-order chi connectivity index (χ0) is 23.9. The van der Waals surface area contributed by atoms with E-state index in [0.717, 1.165) is 16.7 Å². The minimum atomic E-state index is -0.629. The summed E-state index contributed by atoms with van der Waals surface area (Å²) >= 11 is 5.27. The van der Waals surface area contributed by atoms with Crippen molar-refractivity contribution in [2.75, 3.05) is 4.90 Å². The fourth-order valence-electron chi connectivity index (χ4n) is 3.56. The number of benzene rings is 2. The number of nitro benzene ring substituents is 1. The second kappa shape index (κ2) is 8.44. The predicted octanol–water partition coefficient (Wildman–Crippen LogP) is 4.61. The molecule has 0 radical (unpaired) electrons. The Labute approximate surface area is 194 Å². The van der Waals surface area contributed by atoms with Gasteiger partial charge in [0.05, 0.1) is 10.6 Å². The maximum absolute atomic E-state index is 13.3. The molecule has 4 rings (SSSR count). The number of non-ortho nitro benzene ring substituents is 1. The van der Waals surface area contributed by atoms with Crippen molar-refractivity contribution in [2.45, 2.75) is 20.8 Å². The standard InChI is InChI=1S/C24H19N3O5S/c1-13-5-4-6-20(15(13)3)26-23(29)19(22(28)25-24(26)33)12-17-9-10-21(32-17)18-11-16(27(30)31)8-7-14(18)2/h4-12H,1-3H3,(H,25,28,33)/b19-12+. The topological polar surface area (TPSA) is 106 Å². The van der Waals surface area contributed by atoms with Gasteiger partial charge in [-0.3, -0.25) is 29.9 Å². The number of furan rings is 1. The lowest BCUT2D eigenvalue weighted by molar-refractivity contribution is -0.384. The first-order valence-electron chi connectivity index (χ1n) is 10.0. The molecule has 33 heavy (non-hydrogen) atoms. The van der Waals surface area contributed by atoms with Gasteiger partial charge in [-0.05, 0) is 74.0 Å². The van der Waals surface area contributed by atoms with E-state index in [4.69, 9.17) is 16.6 Å². The molecule has 0 atom stereocenters. The van der Waals surface area contributed by atoms with Crippen LogP contribution in [-0.2, 0) is 9.59 Å². The van der Waals surface area contributed by atoms with E-state index in [1.807, 2.05) is 26.0 Å². The summed E-state index contributed by atoms with van der Waals surface area (Å²) in [5, 5.41) is 13.7. The number of nitrogens with zero attached hydrogens (tertiary/aromatic N) is 2. The molecule has 0 saturated carbocycles. The molecule has 1 saturated heterocycles. The van der Waals surface area contributed by atoms with Gasteiger partial charge in [-0.15, -0.1) is 0 Å². The highest BCUT2D eigenvalue weighted by atomic mass is 32.1. The maximum Gasteiger partial charge on any atom is 0.270 e. The molecule has 1 aromatic heterocycles. The molecule has 0 spiro atoms. The SMILES string of the molecule is Cc1ccc([N+](=O)[O-])cc1-c1ccc(/C=C2\C(=O)NC(=S)N(c3cccc(C)c3C)C2=O)o1. The van der Waals surface area contributed by atoms with Crippen LogP contribution < -0.4 is 10.2 Å². The molecule has 0 aliphatic carbocycles. The summed E-state index contributed by atoms with van der Waals surface area (Å²) in [6, 6.07) is 13.2. The van der Waals surface area contributed by atoms with Crippen LogP contribution in [0.25, 0.3) is 17.4 Å². The second-order valence-corrected chi connectivity index (χ2v) is 8.02. The Hall–Kier alpha value is -4.11. The molecule has 0 unspecified atom stereocenters. The van der Waals surface area contributed by atoms with Crippen molar-refractivity contribution in [3.63, 3.8) is 0 Å². The van der Waals surface area contributed by atoms with Crippen LogP contribution in [-0.4, -0.2) is 21.9 Å². The first kappa shape index (κ1) is 22.1. The van der Waals surface area contributed by atoms with Crippen LogP contribution in [0.5, 0.6) is 0 Å². The molecule has 9 heteroatoms. The van der Waals surface area contributed by atoms with E-state index in [2.05, 4.69) is 5.32 Å². The van der Waals surface area contributed by atoms with Gasteiger partial charge < -0.3 is 4.42 Å². The molecule has 8 nitrogen and oxygen atoms in total. The van der Waals surface area contributed by atoms with E-state index in [0.29, 0.717) is 17.0 Å². The number of anilines is 1. The zero-order valence-corrected chi connectivity index (χ0v) is 18.9. The zero-order valence-electron chi connectivity index (χ0n) is 18.0. The Balaban J connectivity index is 1.72. The molecule has 1 aliphatic heterocycles. The van der Waals surface area contributed by atoms with E-state index in [-0.39, 0.29) is 22.1 Å². The highest BCUT2D eigenvalue weighted by Gasteiger charge is 2.35. The summed E-state index contributed by atoms with van der Waals surface area (Å²) in [7, 11) is 0. The Morgan fingerprint density at radius 1 is 1.06 bits per heavy atom. The van der Waals surface area contributed by atoms with Gasteiger partial charge in [0.15, 0.2) is 5.11 Å². The van der Waals surface area contributed by atoms with Crippen molar-refractivity contribution in [1.82, 2.24) is 5.32 Å². The number of carbonyl (C=O) groups is 2. The Morgan fingerprint density at radius 2 is 1.82 bits per heavy atom. The van der Waals surface area contributed by atoms with Gasteiger partial charge in [-0.2, -0.15) is 0 Å². The van der Waals surface area contributed by atoms with Crippen molar-refractivity contribution in [2.24, 2.45) is 0 Å². The first-order chi connectivity index (χ1) is 15.7. The molecular weight excluding hydrogens is 442 g/mol. The molecule has 1 aliphatic rings. The van der Waals surface area contributed by atoms with Crippen LogP contribution in [0.4, 0.5) is 11.4 Å². The molecule has 1 N–H and O–H groups in total. The largest absolute Gasteiger partial charge is 0.457 e. The minimum Gasteiger partial charge on any atom is -0.457 e. The fraction of sp³-hybridized carbons (Fsp3) is 0.125. The van der Waals surface area contributed by atoms with Gasteiger partial charge in [0.1, 0.15) is 17.1 Å². The predicted molar refractivity (Wildman–Crippen MR) is 128 cm³/mol. The number of thiocarbonyl (C=S) groups is 1. The van der Waals surface area contributed by atoms with E-state index in [1.165, 1.54) is 23.1 Å². The summed E-state index contributed by atoms with van der Waals surface area (Å²) < 4.78 is 5.81. The molecule has 166 valence electrons. The summed E-state index contributed by atoms with van der Waals surface area (Å²) in [5.41, 5.74) is 3.56. The van der Waals surface area contributed by atoms with Gasteiger partial charge in [0.2, 0.25) is 0 Å². The molecule has 3 aromatic rings. The van der Waals surface area contributed by atoms with Crippen LogP contribution in [0, 0.1) is 30.9 Å². The Kier molecular flexibility index (Phi) is 5.65. The van der Waals surface area contributed by atoms with Gasteiger partial charge in [0, 0.05) is 17.7 Å². The van der Waals surface area contributed by atoms with Crippen LogP contribution in [0.3, 0.4) is 0 Å². The molecule has 2 heterocycles. The number of aryl methyl sites for hydroxylation is 2. The van der Waals surface area contributed by atoms with E-state index >= 15 is 0 Å². The summed E-state index contributed by atoms with van der Waals surface area (Å²) in [4.78, 5) is 37.8. The van der Waals surface area contributed by atoms with Crippen molar-refractivity contribution in [1.29, 1.82) is 0 Å². The Bertz CT molecular complexity index is 1370. The highest BCUT2D eigenvalue weighted by molar-refractivity contribution is 7.80. The normalized spacial score (nSPS) is 15.2. The average Bonchev–Trinajstić information content (AvgIpc) is 3.22. The van der Waals surface area contributed by atoms with Gasteiger partial charge in [0.25, 0.3) is 17.5 Å². The molecule has 2 aromatic carbocycles. The first-order valence-corrected chi connectivity index (χ1v) is 10.4. The molecule has 1 fully saturated rings. The smallest absolute Gasteiger partial charge is 0.270 e. The third-order valence-corrected chi connectivity index (χ3v) is 5.81. The van der Waals surface area contributed by atoms with Crippen LogP contribution in [0.2, 0.25) is 0 Å². The van der Waals surface area contributed by atoms with E-state index in [9.17, 15) is 19.7 Å².